The summed E-state index contributed by atoms with van der Waals surface area (Å²) in [4.78, 5) is 12.1. The van der Waals surface area contributed by atoms with Crippen LogP contribution in [0.15, 0.2) is 30.3 Å². The topological polar surface area (TPSA) is 53.2 Å². The van der Waals surface area contributed by atoms with E-state index in [1.54, 1.807) is 0 Å². The molecule has 4 heteroatoms. The second-order valence-electron chi connectivity index (χ2n) is 7.99. The SMILES string of the molecule is CC1(C)CC(NC(=O)NCCCc2ccccc2)CC(C)(C)N1. The highest BCUT2D eigenvalue weighted by molar-refractivity contribution is 5.74. The van der Waals surface area contributed by atoms with E-state index in [1.807, 2.05) is 6.07 Å². The van der Waals surface area contributed by atoms with E-state index >= 15 is 0 Å². The van der Waals surface area contributed by atoms with Crippen LogP contribution in [-0.2, 0) is 6.42 Å². The average Bonchev–Trinajstić information content (AvgIpc) is 2.41. The number of hydrogen-bond acceptors (Lipinski definition) is 2. The molecule has 0 atom stereocenters. The lowest BCUT2D eigenvalue weighted by molar-refractivity contribution is 0.147. The van der Waals surface area contributed by atoms with E-state index in [-0.39, 0.29) is 23.2 Å². The van der Waals surface area contributed by atoms with Crippen molar-refractivity contribution in [2.45, 2.75) is 70.5 Å². The monoisotopic (exact) mass is 317 g/mol. The molecule has 128 valence electrons. The molecule has 23 heavy (non-hydrogen) atoms. The fraction of sp³-hybridized carbons (Fsp3) is 0.632. The van der Waals surface area contributed by atoms with Crippen molar-refractivity contribution in [2.24, 2.45) is 0 Å². The van der Waals surface area contributed by atoms with E-state index in [2.05, 4.69) is 67.9 Å². The second kappa shape index (κ2) is 7.35. The van der Waals surface area contributed by atoms with Gasteiger partial charge in [0.15, 0.2) is 0 Å². The Labute approximate surface area is 140 Å². The minimum absolute atomic E-state index is 0.0449. The van der Waals surface area contributed by atoms with E-state index in [9.17, 15) is 4.79 Å². The summed E-state index contributed by atoms with van der Waals surface area (Å²) in [6, 6.07) is 10.5. The lowest BCUT2D eigenvalue weighted by Crippen LogP contribution is -2.62. The number of rotatable bonds is 5. The number of benzene rings is 1. The first kappa shape index (κ1) is 17.8. The van der Waals surface area contributed by atoms with Crippen molar-refractivity contribution in [1.82, 2.24) is 16.0 Å². The third-order valence-corrected chi connectivity index (χ3v) is 4.30. The largest absolute Gasteiger partial charge is 0.338 e. The quantitative estimate of drug-likeness (QED) is 0.730. The molecule has 0 bridgehead atoms. The predicted octanol–water partition coefficient (Wildman–Crippen LogP) is 3.23. The molecule has 1 saturated heterocycles. The zero-order chi connectivity index (χ0) is 16.9. The average molecular weight is 317 g/mol. The Morgan fingerprint density at radius 2 is 1.74 bits per heavy atom. The minimum Gasteiger partial charge on any atom is -0.338 e. The summed E-state index contributed by atoms with van der Waals surface area (Å²) in [5, 5.41) is 9.76. The molecule has 2 rings (SSSR count). The smallest absolute Gasteiger partial charge is 0.315 e. The lowest BCUT2D eigenvalue weighted by Gasteiger charge is -2.46. The van der Waals surface area contributed by atoms with Gasteiger partial charge in [-0.25, -0.2) is 4.79 Å². The number of urea groups is 1. The highest BCUT2D eigenvalue weighted by Crippen LogP contribution is 2.28. The molecular formula is C19H31N3O. The molecule has 2 amide bonds. The summed E-state index contributed by atoms with van der Waals surface area (Å²) in [6.45, 7) is 9.49. The molecule has 3 N–H and O–H groups in total. The Hall–Kier alpha value is -1.55. The van der Waals surface area contributed by atoms with Gasteiger partial charge in [0.05, 0.1) is 0 Å². The van der Waals surface area contributed by atoms with Gasteiger partial charge in [-0.1, -0.05) is 30.3 Å². The van der Waals surface area contributed by atoms with Gasteiger partial charge < -0.3 is 16.0 Å². The van der Waals surface area contributed by atoms with Crippen molar-refractivity contribution in [3.05, 3.63) is 35.9 Å². The van der Waals surface area contributed by atoms with Crippen LogP contribution in [0.3, 0.4) is 0 Å². The Kier molecular flexibility index (Phi) is 5.69. The third kappa shape index (κ3) is 6.22. The van der Waals surface area contributed by atoms with Crippen molar-refractivity contribution in [3.63, 3.8) is 0 Å². The standard InChI is InChI=1S/C19H31N3O/c1-18(2)13-16(14-19(3,4)22-18)21-17(23)20-12-8-11-15-9-6-5-7-10-15/h5-7,9-10,16,22H,8,11-14H2,1-4H3,(H2,20,21,23). The summed E-state index contributed by atoms with van der Waals surface area (Å²) < 4.78 is 0. The molecule has 1 fully saturated rings. The molecule has 0 saturated carbocycles. The van der Waals surface area contributed by atoms with Crippen LogP contribution >= 0.6 is 0 Å². The van der Waals surface area contributed by atoms with Gasteiger partial charge in [-0.3, -0.25) is 0 Å². The summed E-state index contributed by atoms with van der Waals surface area (Å²) >= 11 is 0. The van der Waals surface area contributed by atoms with Crippen LogP contribution in [0.4, 0.5) is 4.79 Å². The van der Waals surface area contributed by atoms with Crippen molar-refractivity contribution in [1.29, 1.82) is 0 Å². The van der Waals surface area contributed by atoms with Gasteiger partial charge >= 0.3 is 6.03 Å². The molecule has 0 spiro atoms. The number of carbonyl (C=O) groups excluding carboxylic acids is 1. The number of nitrogens with one attached hydrogen (secondary N) is 3. The molecule has 1 aliphatic rings. The normalized spacial score (nSPS) is 20.0. The van der Waals surface area contributed by atoms with Crippen molar-refractivity contribution < 1.29 is 4.79 Å². The Morgan fingerprint density at radius 1 is 1.13 bits per heavy atom. The fourth-order valence-electron chi connectivity index (χ4n) is 3.80. The Balaban J connectivity index is 1.70. The van der Waals surface area contributed by atoms with Gasteiger partial charge in [0.2, 0.25) is 0 Å². The molecule has 1 aromatic carbocycles. The van der Waals surface area contributed by atoms with Crippen LogP contribution in [0, 0.1) is 0 Å². The summed E-state index contributed by atoms with van der Waals surface area (Å²) in [7, 11) is 0. The zero-order valence-electron chi connectivity index (χ0n) is 14.9. The van der Waals surface area contributed by atoms with E-state index in [0.717, 1.165) is 25.7 Å². The van der Waals surface area contributed by atoms with Crippen LogP contribution in [0.1, 0.15) is 52.5 Å². The molecule has 4 nitrogen and oxygen atoms in total. The Morgan fingerprint density at radius 3 is 2.35 bits per heavy atom. The zero-order valence-corrected chi connectivity index (χ0v) is 14.9. The molecule has 0 radical (unpaired) electrons. The number of aryl methyl sites for hydroxylation is 1. The Bertz CT molecular complexity index is 495. The van der Waals surface area contributed by atoms with Crippen LogP contribution in [0.25, 0.3) is 0 Å². The summed E-state index contributed by atoms with van der Waals surface area (Å²) in [5.41, 5.74) is 1.41. The van der Waals surface area contributed by atoms with Gasteiger partial charge in [-0.15, -0.1) is 0 Å². The third-order valence-electron chi connectivity index (χ3n) is 4.30. The first-order valence-corrected chi connectivity index (χ1v) is 8.63. The number of hydrogen-bond donors (Lipinski definition) is 3. The molecule has 1 heterocycles. The maximum absolute atomic E-state index is 12.1. The van der Waals surface area contributed by atoms with Crippen LogP contribution < -0.4 is 16.0 Å². The first-order valence-electron chi connectivity index (χ1n) is 8.63. The molecule has 0 aliphatic carbocycles. The molecule has 1 aliphatic heterocycles. The van der Waals surface area contributed by atoms with Crippen molar-refractivity contribution >= 4 is 6.03 Å². The molecule has 0 unspecified atom stereocenters. The first-order chi connectivity index (χ1) is 10.8. The van der Waals surface area contributed by atoms with Gasteiger partial charge in [-0.2, -0.15) is 0 Å². The van der Waals surface area contributed by atoms with E-state index in [4.69, 9.17) is 0 Å². The fourth-order valence-corrected chi connectivity index (χ4v) is 3.80. The second-order valence-corrected chi connectivity index (χ2v) is 7.99. The highest BCUT2D eigenvalue weighted by atomic mass is 16.2. The van der Waals surface area contributed by atoms with Crippen molar-refractivity contribution in [3.8, 4) is 0 Å². The van der Waals surface area contributed by atoms with Gasteiger partial charge in [0, 0.05) is 23.7 Å². The summed E-state index contributed by atoms with van der Waals surface area (Å²) in [5.74, 6) is 0. The van der Waals surface area contributed by atoms with E-state index in [0.29, 0.717) is 6.54 Å². The molecule has 1 aromatic rings. The maximum atomic E-state index is 12.1. The minimum atomic E-state index is -0.0449. The van der Waals surface area contributed by atoms with Gasteiger partial charge in [0.25, 0.3) is 0 Å². The van der Waals surface area contributed by atoms with E-state index < -0.39 is 0 Å². The van der Waals surface area contributed by atoms with E-state index in [1.165, 1.54) is 5.56 Å². The van der Waals surface area contributed by atoms with Crippen molar-refractivity contribution in [2.75, 3.05) is 6.54 Å². The number of carbonyl (C=O) groups is 1. The van der Waals surface area contributed by atoms with Crippen LogP contribution in [0.2, 0.25) is 0 Å². The number of piperidine rings is 1. The maximum Gasteiger partial charge on any atom is 0.315 e. The highest BCUT2D eigenvalue weighted by Gasteiger charge is 2.38. The van der Waals surface area contributed by atoms with Crippen LogP contribution in [0.5, 0.6) is 0 Å². The lowest BCUT2D eigenvalue weighted by atomic mass is 9.80. The summed E-state index contributed by atoms with van der Waals surface area (Å²) in [6.07, 6.45) is 3.86. The van der Waals surface area contributed by atoms with Crippen LogP contribution in [-0.4, -0.2) is 29.7 Å². The molecular weight excluding hydrogens is 286 g/mol. The van der Waals surface area contributed by atoms with Gasteiger partial charge in [-0.05, 0) is 58.9 Å². The number of amides is 2. The van der Waals surface area contributed by atoms with Gasteiger partial charge in [0.1, 0.15) is 0 Å². The molecule has 0 aromatic heterocycles. The predicted molar refractivity (Wildman–Crippen MR) is 95.6 cm³/mol.